The number of rotatable bonds is 5. The fourth-order valence-corrected chi connectivity index (χ4v) is 1.55. The Morgan fingerprint density at radius 2 is 2.50 bits per heavy atom. The highest BCUT2D eigenvalue weighted by Crippen LogP contribution is 2.09. The normalized spacial score (nSPS) is 22.5. The summed E-state index contributed by atoms with van der Waals surface area (Å²) in [4.78, 5) is 11.4. The predicted octanol–water partition coefficient (Wildman–Crippen LogP) is 1.66. The first kappa shape index (κ1) is 9.46. The highest BCUT2D eigenvalue weighted by molar-refractivity contribution is 5.84. The van der Waals surface area contributed by atoms with Crippen LogP contribution < -0.4 is 5.32 Å². The molecule has 0 amide bonds. The molecule has 1 fully saturated rings. The second-order valence-electron chi connectivity index (χ2n) is 3.30. The molecule has 2 nitrogen and oxygen atoms in total. The molecule has 0 aromatic carbocycles. The molecule has 12 heavy (non-hydrogen) atoms. The van der Waals surface area contributed by atoms with Crippen LogP contribution in [0.5, 0.6) is 0 Å². The molecule has 0 saturated carbocycles. The summed E-state index contributed by atoms with van der Waals surface area (Å²) < 4.78 is 0. The second kappa shape index (κ2) is 5.09. The van der Waals surface area contributed by atoms with Gasteiger partial charge in [-0.3, -0.25) is 4.79 Å². The van der Waals surface area contributed by atoms with Crippen molar-refractivity contribution in [1.82, 2.24) is 5.32 Å². The van der Waals surface area contributed by atoms with Crippen molar-refractivity contribution in [1.29, 1.82) is 0 Å². The van der Waals surface area contributed by atoms with Crippen molar-refractivity contribution in [2.45, 2.75) is 38.1 Å². The lowest BCUT2D eigenvalue weighted by molar-refractivity contribution is -0.120. The molecule has 1 aliphatic heterocycles. The lowest BCUT2D eigenvalue weighted by atomic mass is 10.1. The van der Waals surface area contributed by atoms with Crippen molar-refractivity contribution in [2.75, 3.05) is 6.54 Å². The van der Waals surface area contributed by atoms with Gasteiger partial charge in [0.25, 0.3) is 0 Å². The quantitative estimate of drug-likeness (QED) is 0.498. The van der Waals surface area contributed by atoms with Crippen LogP contribution in [-0.4, -0.2) is 18.4 Å². The van der Waals surface area contributed by atoms with E-state index < -0.39 is 0 Å². The molecule has 1 unspecified atom stereocenters. The van der Waals surface area contributed by atoms with E-state index in [0.29, 0.717) is 12.2 Å². The third kappa shape index (κ3) is 2.78. The Labute approximate surface area is 74.0 Å². The van der Waals surface area contributed by atoms with E-state index in [9.17, 15) is 4.79 Å². The minimum atomic E-state index is 0.162. The number of ketones is 1. The number of hydrogen-bond donors (Lipinski definition) is 1. The van der Waals surface area contributed by atoms with Crippen LogP contribution in [0.1, 0.15) is 32.1 Å². The number of nitrogens with one attached hydrogen (secondary N) is 1. The van der Waals surface area contributed by atoms with Gasteiger partial charge < -0.3 is 5.32 Å². The molecular weight excluding hydrogens is 150 g/mol. The zero-order chi connectivity index (χ0) is 8.81. The summed E-state index contributed by atoms with van der Waals surface area (Å²) in [5, 5.41) is 3.21. The molecule has 1 N–H and O–H groups in total. The van der Waals surface area contributed by atoms with Crippen molar-refractivity contribution < 1.29 is 4.79 Å². The zero-order valence-corrected chi connectivity index (χ0v) is 7.51. The van der Waals surface area contributed by atoms with Crippen molar-refractivity contribution in [3.05, 3.63) is 12.7 Å². The van der Waals surface area contributed by atoms with Gasteiger partial charge >= 0.3 is 0 Å². The Balaban J connectivity index is 2.14. The SMILES string of the molecule is C=CCCCC(=O)C1CCCN1. The van der Waals surface area contributed by atoms with Gasteiger partial charge in [0.1, 0.15) is 5.78 Å². The van der Waals surface area contributed by atoms with Gasteiger partial charge in [0.15, 0.2) is 0 Å². The molecule has 0 spiro atoms. The van der Waals surface area contributed by atoms with E-state index in [0.717, 1.165) is 32.2 Å². The summed E-state index contributed by atoms with van der Waals surface area (Å²) >= 11 is 0. The Bertz CT molecular complexity index is 159. The monoisotopic (exact) mass is 167 g/mol. The van der Waals surface area contributed by atoms with E-state index in [2.05, 4.69) is 11.9 Å². The Hall–Kier alpha value is -0.630. The van der Waals surface area contributed by atoms with Crippen LogP contribution in [-0.2, 0) is 4.79 Å². The molecule has 0 bridgehead atoms. The van der Waals surface area contributed by atoms with E-state index in [-0.39, 0.29) is 6.04 Å². The van der Waals surface area contributed by atoms with Crippen molar-refractivity contribution in [2.24, 2.45) is 0 Å². The smallest absolute Gasteiger partial charge is 0.149 e. The standard InChI is InChI=1S/C10H17NO/c1-2-3-4-7-10(12)9-6-5-8-11-9/h2,9,11H,1,3-8H2. The van der Waals surface area contributed by atoms with Crippen LogP contribution in [0.15, 0.2) is 12.7 Å². The van der Waals surface area contributed by atoms with E-state index in [1.54, 1.807) is 0 Å². The molecule has 0 aliphatic carbocycles. The largest absolute Gasteiger partial charge is 0.307 e. The minimum absolute atomic E-state index is 0.162. The van der Waals surface area contributed by atoms with Crippen LogP contribution in [0.2, 0.25) is 0 Å². The maximum Gasteiger partial charge on any atom is 0.149 e. The summed E-state index contributed by atoms with van der Waals surface area (Å²) in [5.74, 6) is 0.384. The van der Waals surface area contributed by atoms with Crippen LogP contribution in [0.25, 0.3) is 0 Å². The predicted molar refractivity (Wildman–Crippen MR) is 50.1 cm³/mol. The van der Waals surface area contributed by atoms with Crippen molar-refractivity contribution in [3.8, 4) is 0 Å². The average Bonchev–Trinajstić information content (AvgIpc) is 2.56. The molecule has 1 rings (SSSR count). The van der Waals surface area contributed by atoms with Crippen LogP contribution in [0, 0.1) is 0 Å². The average molecular weight is 167 g/mol. The van der Waals surface area contributed by atoms with Crippen molar-refractivity contribution >= 4 is 5.78 Å². The fraction of sp³-hybridized carbons (Fsp3) is 0.700. The lowest BCUT2D eigenvalue weighted by Crippen LogP contribution is -2.30. The van der Waals surface area contributed by atoms with Gasteiger partial charge in [0.05, 0.1) is 6.04 Å². The first-order valence-corrected chi connectivity index (χ1v) is 4.71. The third-order valence-electron chi connectivity index (χ3n) is 2.28. The molecule has 1 saturated heterocycles. The number of carbonyl (C=O) groups excluding carboxylic acids is 1. The first-order chi connectivity index (χ1) is 5.84. The molecule has 0 radical (unpaired) electrons. The number of hydrogen-bond acceptors (Lipinski definition) is 2. The molecule has 1 atom stereocenters. The molecule has 1 aliphatic rings. The molecule has 0 aromatic heterocycles. The molecule has 1 heterocycles. The summed E-state index contributed by atoms with van der Waals surface area (Å²) in [7, 11) is 0. The van der Waals surface area contributed by atoms with Gasteiger partial charge in [-0.25, -0.2) is 0 Å². The number of unbranched alkanes of at least 4 members (excludes halogenated alkanes) is 1. The number of carbonyl (C=O) groups is 1. The maximum atomic E-state index is 11.4. The first-order valence-electron chi connectivity index (χ1n) is 4.71. The van der Waals surface area contributed by atoms with Crippen LogP contribution in [0.3, 0.4) is 0 Å². The van der Waals surface area contributed by atoms with E-state index in [4.69, 9.17) is 0 Å². The maximum absolute atomic E-state index is 11.4. The highest BCUT2D eigenvalue weighted by Gasteiger charge is 2.20. The Morgan fingerprint density at radius 1 is 1.67 bits per heavy atom. The van der Waals surface area contributed by atoms with Crippen LogP contribution in [0.4, 0.5) is 0 Å². The lowest BCUT2D eigenvalue weighted by Gasteiger charge is -2.07. The fourth-order valence-electron chi connectivity index (χ4n) is 1.55. The molecular formula is C10H17NO. The summed E-state index contributed by atoms with van der Waals surface area (Å²) in [6, 6.07) is 0.162. The van der Waals surface area contributed by atoms with Gasteiger partial charge in [-0.05, 0) is 32.2 Å². The van der Waals surface area contributed by atoms with Gasteiger partial charge in [-0.1, -0.05) is 6.08 Å². The van der Waals surface area contributed by atoms with E-state index in [1.807, 2.05) is 6.08 Å². The third-order valence-corrected chi connectivity index (χ3v) is 2.28. The molecule has 2 heteroatoms. The molecule has 68 valence electrons. The second-order valence-corrected chi connectivity index (χ2v) is 3.30. The number of Topliss-reactive ketones (excluding diaryl/α,β-unsaturated/α-hetero) is 1. The Kier molecular flexibility index (Phi) is 4.01. The topological polar surface area (TPSA) is 29.1 Å². The van der Waals surface area contributed by atoms with Gasteiger partial charge in [0, 0.05) is 6.42 Å². The highest BCUT2D eigenvalue weighted by atomic mass is 16.1. The van der Waals surface area contributed by atoms with Gasteiger partial charge in [-0.2, -0.15) is 0 Å². The number of allylic oxidation sites excluding steroid dienone is 1. The van der Waals surface area contributed by atoms with Gasteiger partial charge in [-0.15, -0.1) is 6.58 Å². The summed E-state index contributed by atoms with van der Waals surface area (Å²) in [6.07, 6.45) is 6.68. The van der Waals surface area contributed by atoms with E-state index in [1.165, 1.54) is 0 Å². The zero-order valence-electron chi connectivity index (χ0n) is 7.51. The van der Waals surface area contributed by atoms with E-state index >= 15 is 0 Å². The summed E-state index contributed by atoms with van der Waals surface area (Å²) in [5.41, 5.74) is 0. The Morgan fingerprint density at radius 3 is 3.08 bits per heavy atom. The minimum Gasteiger partial charge on any atom is -0.307 e. The van der Waals surface area contributed by atoms with Gasteiger partial charge in [0.2, 0.25) is 0 Å². The van der Waals surface area contributed by atoms with Crippen molar-refractivity contribution in [3.63, 3.8) is 0 Å². The molecule has 0 aromatic rings. The van der Waals surface area contributed by atoms with Crippen LogP contribution >= 0.6 is 0 Å². The summed E-state index contributed by atoms with van der Waals surface area (Å²) in [6.45, 7) is 4.64.